The highest BCUT2D eigenvalue weighted by atomic mass is 16.3. The van der Waals surface area contributed by atoms with Crippen molar-refractivity contribution in [2.24, 2.45) is 0 Å². The zero-order valence-electron chi connectivity index (χ0n) is 15.2. The van der Waals surface area contributed by atoms with Gasteiger partial charge in [0.1, 0.15) is 5.58 Å². The van der Waals surface area contributed by atoms with Crippen LogP contribution in [0.3, 0.4) is 0 Å². The molecule has 3 aromatic rings. The van der Waals surface area contributed by atoms with Crippen molar-refractivity contribution < 1.29 is 9.21 Å². The van der Waals surface area contributed by atoms with Crippen LogP contribution in [0.2, 0.25) is 0 Å². The highest BCUT2D eigenvalue weighted by Crippen LogP contribution is 2.44. The Kier molecular flexibility index (Phi) is 3.50. The van der Waals surface area contributed by atoms with Crippen molar-refractivity contribution in [1.29, 1.82) is 0 Å². The molecule has 1 unspecified atom stereocenters. The van der Waals surface area contributed by atoms with Crippen molar-refractivity contribution >= 4 is 16.9 Å². The first-order valence-corrected chi connectivity index (χ1v) is 9.42. The fraction of sp³-hybridized carbons (Fsp3) is 0.381. The lowest BCUT2D eigenvalue weighted by atomic mass is 9.77. The number of aromatic nitrogens is 2. The van der Waals surface area contributed by atoms with Crippen molar-refractivity contribution in [2.45, 2.75) is 38.0 Å². The first-order valence-electron chi connectivity index (χ1n) is 9.42. The Labute approximate surface area is 156 Å². The van der Waals surface area contributed by atoms with E-state index < -0.39 is 0 Å². The Morgan fingerprint density at radius 1 is 1.30 bits per heavy atom. The third-order valence-electron chi connectivity index (χ3n) is 6.08. The number of likely N-dealkylation sites (tertiary alicyclic amines) is 1. The van der Waals surface area contributed by atoms with E-state index in [9.17, 15) is 9.59 Å². The molecule has 1 aliphatic carbocycles. The van der Waals surface area contributed by atoms with Gasteiger partial charge in [0.15, 0.2) is 11.2 Å². The van der Waals surface area contributed by atoms with Crippen LogP contribution in [0.5, 0.6) is 0 Å². The molecule has 1 aromatic carbocycles. The van der Waals surface area contributed by atoms with E-state index in [1.165, 1.54) is 17.3 Å². The lowest BCUT2D eigenvalue weighted by Crippen LogP contribution is -2.48. The number of aryl methyl sites for hydroxylation is 2. The Morgan fingerprint density at radius 3 is 3.07 bits per heavy atom. The minimum Gasteiger partial charge on any atom is -0.451 e. The van der Waals surface area contributed by atoms with Crippen molar-refractivity contribution in [3.63, 3.8) is 0 Å². The molecule has 2 aromatic heterocycles. The molecule has 2 aliphatic rings. The van der Waals surface area contributed by atoms with Gasteiger partial charge in [0.25, 0.3) is 5.91 Å². The summed E-state index contributed by atoms with van der Waals surface area (Å²) in [5, 5.41) is 7.85. The number of fused-ring (bicyclic) bond motifs is 3. The molecular formula is C21H21N3O3. The van der Waals surface area contributed by atoms with Gasteiger partial charge in [-0.05, 0) is 55.9 Å². The molecule has 138 valence electrons. The van der Waals surface area contributed by atoms with Gasteiger partial charge in [-0.1, -0.05) is 6.07 Å². The van der Waals surface area contributed by atoms with Crippen LogP contribution >= 0.6 is 0 Å². The first kappa shape index (κ1) is 16.3. The molecule has 1 saturated heterocycles. The second-order valence-corrected chi connectivity index (χ2v) is 7.86. The molecule has 1 amide bonds. The standard InChI is InChI=1S/C21H21N3O3/c1-13-3-4-15-16(25)10-18(27-17(15)9-13)20(26)24-8-2-6-21(12-24)7-5-14-11-22-23-19(14)21/h3-4,9-11H,2,5-8,12H2,1H3,(H,22,23). The maximum Gasteiger partial charge on any atom is 0.289 e. The number of nitrogens with one attached hydrogen (secondary N) is 1. The average Bonchev–Trinajstić information content (AvgIpc) is 3.26. The van der Waals surface area contributed by atoms with E-state index in [1.54, 1.807) is 12.1 Å². The second-order valence-electron chi connectivity index (χ2n) is 7.86. The largest absolute Gasteiger partial charge is 0.451 e. The first-order chi connectivity index (χ1) is 13.1. The van der Waals surface area contributed by atoms with Crippen molar-refractivity contribution in [1.82, 2.24) is 15.1 Å². The third-order valence-corrected chi connectivity index (χ3v) is 6.08. The molecule has 1 spiro atoms. The highest BCUT2D eigenvalue weighted by molar-refractivity contribution is 5.93. The molecule has 1 atom stereocenters. The molecule has 0 saturated carbocycles. The van der Waals surface area contributed by atoms with Crippen molar-refractivity contribution in [3.8, 4) is 0 Å². The van der Waals surface area contributed by atoms with Crippen LogP contribution in [0.1, 0.15) is 46.6 Å². The van der Waals surface area contributed by atoms with Gasteiger partial charge in [-0.15, -0.1) is 0 Å². The SMILES string of the molecule is Cc1ccc2c(=O)cc(C(=O)N3CCCC4(CCc5cn[nH]c54)C3)oc2c1. The number of carbonyl (C=O) groups is 1. The number of aromatic amines is 1. The maximum absolute atomic E-state index is 13.1. The zero-order valence-corrected chi connectivity index (χ0v) is 15.2. The summed E-state index contributed by atoms with van der Waals surface area (Å²) in [6, 6.07) is 6.76. The van der Waals surface area contributed by atoms with Crippen LogP contribution < -0.4 is 5.43 Å². The van der Waals surface area contributed by atoms with Crippen LogP contribution in [0, 0.1) is 6.92 Å². The minimum atomic E-state index is -0.206. The van der Waals surface area contributed by atoms with E-state index in [0.29, 0.717) is 24.1 Å². The van der Waals surface area contributed by atoms with E-state index in [4.69, 9.17) is 4.42 Å². The Balaban J connectivity index is 1.49. The molecule has 1 N–H and O–H groups in total. The Bertz CT molecular complexity index is 1110. The molecule has 0 bridgehead atoms. The number of carbonyl (C=O) groups excluding carboxylic acids is 1. The molecule has 5 rings (SSSR count). The number of hydrogen-bond donors (Lipinski definition) is 1. The van der Waals surface area contributed by atoms with Gasteiger partial charge < -0.3 is 9.32 Å². The van der Waals surface area contributed by atoms with Crippen LogP contribution in [0.4, 0.5) is 0 Å². The fourth-order valence-electron chi connectivity index (χ4n) is 4.70. The normalized spacial score (nSPS) is 21.7. The maximum atomic E-state index is 13.1. The highest BCUT2D eigenvalue weighted by Gasteiger charge is 2.44. The molecule has 3 heterocycles. The molecule has 6 heteroatoms. The lowest BCUT2D eigenvalue weighted by Gasteiger charge is -2.40. The summed E-state index contributed by atoms with van der Waals surface area (Å²) >= 11 is 0. The number of amides is 1. The number of piperidine rings is 1. The van der Waals surface area contributed by atoms with Crippen LogP contribution in [0.25, 0.3) is 11.0 Å². The lowest BCUT2D eigenvalue weighted by molar-refractivity contribution is 0.0602. The van der Waals surface area contributed by atoms with E-state index in [1.807, 2.05) is 24.1 Å². The number of benzene rings is 1. The summed E-state index contributed by atoms with van der Waals surface area (Å²) in [6.07, 6.45) is 5.91. The monoisotopic (exact) mass is 363 g/mol. The average molecular weight is 363 g/mol. The number of nitrogens with zero attached hydrogens (tertiary/aromatic N) is 2. The summed E-state index contributed by atoms with van der Waals surface area (Å²) in [5.41, 5.74) is 3.67. The predicted molar refractivity (Wildman–Crippen MR) is 101 cm³/mol. The van der Waals surface area contributed by atoms with Gasteiger partial charge in [0, 0.05) is 30.3 Å². The van der Waals surface area contributed by atoms with Crippen molar-refractivity contribution in [3.05, 3.63) is 63.3 Å². The molecular weight excluding hydrogens is 342 g/mol. The topological polar surface area (TPSA) is 79.2 Å². The minimum absolute atomic E-state index is 0.0481. The quantitative estimate of drug-likeness (QED) is 0.721. The summed E-state index contributed by atoms with van der Waals surface area (Å²) in [6.45, 7) is 3.25. The number of hydrogen-bond acceptors (Lipinski definition) is 4. The molecule has 0 radical (unpaired) electrons. The number of H-pyrrole nitrogens is 1. The van der Waals surface area contributed by atoms with Gasteiger partial charge in [-0.2, -0.15) is 5.10 Å². The van der Waals surface area contributed by atoms with E-state index >= 15 is 0 Å². The predicted octanol–water partition coefficient (Wildman–Crippen LogP) is 2.94. The van der Waals surface area contributed by atoms with Crippen molar-refractivity contribution in [2.75, 3.05) is 13.1 Å². The van der Waals surface area contributed by atoms with Gasteiger partial charge >= 0.3 is 0 Å². The van der Waals surface area contributed by atoms with Crippen LogP contribution in [-0.4, -0.2) is 34.1 Å². The summed E-state index contributed by atoms with van der Waals surface area (Å²) < 4.78 is 5.83. The van der Waals surface area contributed by atoms with E-state index in [-0.39, 0.29) is 22.5 Å². The van der Waals surface area contributed by atoms with Gasteiger partial charge in [0.2, 0.25) is 0 Å². The van der Waals surface area contributed by atoms with E-state index in [2.05, 4.69) is 10.2 Å². The Morgan fingerprint density at radius 2 is 2.19 bits per heavy atom. The van der Waals surface area contributed by atoms with Crippen LogP contribution in [0.15, 0.2) is 39.7 Å². The summed E-state index contributed by atoms with van der Waals surface area (Å²) in [4.78, 5) is 27.4. The molecule has 27 heavy (non-hydrogen) atoms. The fourth-order valence-corrected chi connectivity index (χ4v) is 4.70. The van der Waals surface area contributed by atoms with Crippen LogP contribution in [-0.2, 0) is 11.8 Å². The van der Waals surface area contributed by atoms with Gasteiger partial charge in [-0.25, -0.2) is 0 Å². The van der Waals surface area contributed by atoms with Gasteiger partial charge in [-0.3, -0.25) is 14.7 Å². The summed E-state index contributed by atoms with van der Waals surface area (Å²) in [7, 11) is 0. The van der Waals surface area contributed by atoms with E-state index in [0.717, 1.165) is 31.2 Å². The Hall–Kier alpha value is -2.89. The summed E-state index contributed by atoms with van der Waals surface area (Å²) in [5.74, 6) is -0.0828. The number of rotatable bonds is 1. The third kappa shape index (κ3) is 2.51. The molecule has 1 fully saturated rings. The second kappa shape index (κ2) is 5.81. The zero-order chi connectivity index (χ0) is 18.6. The van der Waals surface area contributed by atoms with Gasteiger partial charge in [0.05, 0.1) is 11.6 Å². The molecule has 6 nitrogen and oxygen atoms in total. The smallest absolute Gasteiger partial charge is 0.289 e. The molecule has 1 aliphatic heterocycles.